The van der Waals surface area contributed by atoms with Crippen LogP contribution in [0.2, 0.25) is 0 Å². The maximum Gasteiger partial charge on any atom is 0.303 e. The molecule has 18 heteroatoms. The topological polar surface area (TPSA) is 233 Å². The Morgan fingerprint density at radius 2 is 1.32 bits per heavy atom. The molecule has 1 heterocycles. The van der Waals surface area contributed by atoms with Gasteiger partial charge < -0.3 is 63.5 Å². The Morgan fingerprint density at radius 1 is 0.758 bits per heavy atom. The van der Waals surface area contributed by atoms with Gasteiger partial charge in [0.25, 0.3) is 0 Å². The molecule has 0 saturated carbocycles. The van der Waals surface area contributed by atoms with Gasteiger partial charge >= 0.3 is 17.9 Å². The van der Waals surface area contributed by atoms with Crippen LogP contribution in [0.4, 0.5) is 0 Å². The summed E-state index contributed by atoms with van der Waals surface area (Å²) in [7, 11) is 3.19. The number of aliphatic hydroxyl groups excluding tert-OH is 1. The lowest BCUT2D eigenvalue weighted by Gasteiger charge is -2.45. The molecular formula is C44H55N2O16. The summed E-state index contributed by atoms with van der Waals surface area (Å²) < 4.78 is 51.0. The molecule has 0 aromatic heterocycles. The smallest absolute Gasteiger partial charge is 0.303 e. The number of carbonyl (C=O) groups is 5. The second kappa shape index (κ2) is 24.7. The van der Waals surface area contributed by atoms with Gasteiger partial charge in [-0.25, -0.2) is 0 Å². The number of hydrogen-bond acceptors (Lipinski definition) is 15. The van der Waals surface area contributed by atoms with E-state index in [9.17, 15) is 34.2 Å². The number of nitrogens with one attached hydrogen (secondary N) is 2. The van der Waals surface area contributed by atoms with E-state index in [1.165, 1.54) is 13.3 Å². The second-order valence-electron chi connectivity index (χ2n) is 14.0. The number of rotatable bonds is 25. The van der Waals surface area contributed by atoms with E-state index in [-0.39, 0.29) is 39.6 Å². The number of carboxylic acids is 1. The minimum Gasteiger partial charge on any atom is -0.497 e. The van der Waals surface area contributed by atoms with Crippen molar-refractivity contribution in [2.75, 3.05) is 60.4 Å². The number of carbonyl (C=O) groups excluding carboxylic acids is 4. The monoisotopic (exact) mass is 867 g/mol. The maximum atomic E-state index is 12.7. The summed E-state index contributed by atoms with van der Waals surface area (Å²) in [6.45, 7) is 3.14. The summed E-state index contributed by atoms with van der Waals surface area (Å²) in [4.78, 5) is 60.1. The zero-order chi connectivity index (χ0) is 45.1. The number of carboxylic acid groups (broad SMARTS) is 1. The largest absolute Gasteiger partial charge is 0.497 e. The molecule has 3 aromatic rings. The van der Waals surface area contributed by atoms with E-state index in [1.54, 1.807) is 14.2 Å². The van der Waals surface area contributed by atoms with E-state index >= 15 is 0 Å². The molecule has 3 aromatic carbocycles. The fraction of sp³-hybridized carbons (Fsp3) is 0.455. The summed E-state index contributed by atoms with van der Waals surface area (Å²) in [6.07, 6.45) is -5.70. The van der Waals surface area contributed by atoms with Crippen molar-refractivity contribution in [3.63, 3.8) is 0 Å². The van der Waals surface area contributed by atoms with Crippen LogP contribution < -0.4 is 20.1 Å². The SMILES string of the molecule is COc1ccc(C(OC[C@@H](O)COCCOCCNC(=O)CO[C@@H]2O[C@H]([CH]CC(=O)O)[C@@H](OC(C)=O)[C@H](OC(C)=O)[C@H]2NC(C)=O)(c2ccccc2)c2ccc(OC)cc2)cc1. The van der Waals surface area contributed by atoms with Crippen molar-refractivity contribution in [3.8, 4) is 11.5 Å². The Balaban J connectivity index is 1.26. The number of esters is 2. The third-order valence-corrected chi connectivity index (χ3v) is 9.38. The van der Waals surface area contributed by atoms with Crippen molar-refractivity contribution in [1.29, 1.82) is 0 Å². The van der Waals surface area contributed by atoms with Crippen molar-refractivity contribution in [3.05, 3.63) is 102 Å². The Morgan fingerprint density at radius 3 is 1.87 bits per heavy atom. The number of aliphatic hydroxyl groups is 1. The van der Waals surface area contributed by atoms with Crippen LogP contribution in [0, 0.1) is 6.42 Å². The predicted molar refractivity (Wildman–Crippen MR) is 219 cm³/mol. The third kappa shape index (κ3) is 14.5. The lowest BCUT2D eigenvalue weighted by Crippen LogP contribution is -2.66. The Labute approximate surface area is 360 Å². The molecule has 18 nitrogen and oxygen atoms in total. The summed E-state index contributed by atoms with van der Waals surface area (Å²) in [6, 6.07) is 23.5. The first kappa shape index (κ1) is 49.0. The molecule has 62 heavy (non-hydrogen) atoms. The fourth-order valence-corrected chi connectivity index (χ4v) is 6.71. The van der Waals surface area contributed by atoms with Gasteiger partial charge in [0.05, 0.1) is 53.7 Å². The minimum absolute atomic E-state index is 0.0505. The molecule has 0 unspecified atom stereocenters. The average molecular weight is 868 g/mol. The molecule has 1 radical (unpaired) electrons. The van der Waals surface area contributed by atoms with Crippen LogP contribution in [-0.2, 0) is 62.7 Å². The predicted octanol–water partition coefficient (Wildman–Crippen LogP) is 2.31. The highest BCUT2D eigenvalue weighted by Gasteiger charge is 2.51. The maximum absolute atomic E-state index is 12.7. The summed E-state index contributed by atoms with van der Waals surface area (Å²) in [5, 5.41) is 25.4. The fourth-order valence-electron chi connectivity index (χ4n) is 6.71. The molecule has 1 aliphatic heterocycles. The Bertz CT molecular complexity index is 1830. The molecule has 1 fully saturated rings. The van der Waals surface area contributed by atoms with E-state index in [2.05, 4.69) is 10.6 Å². The lowest BCUT2D eigenvalue weighted by molar-refractivity contribution is -0.264. The van der Waals surface area contributed by atoms with Gasteiger partial charge in [-0.2, -0.15) is 0 Å². The van der Waals surface area contributed by atoms with E-state index in [4.69, 9.17) is 42.6 Å². The van der Waals surface area contributed by atoms with Crippen LogP contribution in [0.15, 0.2) is 78.9 Å². The van der Waals surface area contributed by atoms with Crippen molar-refractivity contribution in [1.82, 2.24) is 10.6 Å². The number of hydrogen-bond donors (Lipinski definition) is 4. The zero-order valence-electron chi connectivity index (χ0n) is 35.3. The van der Waals surface area contributed by atoms with Gasteiger partial charge in [-0.05, 0) is 41.0 Å². The normalized spacial score (nSPS) is 19.1. The molecule has 6 atom stereocenters. The van der Waals surface area contributed by atoms with E-state index in [0.717, 1.165) is 30.5 Å². The van der Waals surface area contributed by atoms with Crippen molar-refractivity contribution in [2.24, 2.45) is 0 Å². The van der Waals surface area contributed by atoms with Gasteiger partial charge in [0, 0.05) is 33.7 Å². The number of benzene rings is 3. The number of amides is 2. The molecule has 4 rings (SSSR count). The molecule has 0 bridgehead atoms. The van der Waals surface area contributed by atoms with Crippen LogP contribution in [0.3, 0.4) is 0 Å². The molecular weight excluding hydrogens is 812 g/mol. The van der Waals surface area contributed by atoms with E-state index in [0.29, 0.717) is 11.5 Å². The van der Waals surface area contributed by atoms with Crippen molar-refractivity contribution in [2.45, 2.75) is 69.5 Å². The Hall–Kier alpha value is -5.63. The number of ether oxygens (including phenoxy) is 9. The van der Waals surface area contributed by atoms with Gasteiger partial charge in [0.2, 0.25) is 11.8 Å². The quantitative estimate of drug-likeness (QED) is 0.0544. The highest BCUT2D eigenvalue weighted by molar-refractivity contribution is 5.77. The van der Waals surface area contributed by atoms with Crippen LogP contribution in [0.5, 0.6) is 11.5 Å². The first-order chi connectivity index (χ1) is 29.8. The standard InChI is InChI=1S/C44H55N2O16/c1-28(47)46-40-42(61-30(3)49)41(60-29(2)48)37(19-20-39(52)53)62-43(40)58-27-38(51)45-21-22-56-23-24-57-25-34(50)26-59-44(31-9-7-6-8-10-31,32-11-15-35(54-4)16-12-32)33-13-17-36(55-5)18-14-33/h6-19,34,37,40-43,50H,20-27H2,1-5H3,(H,45,51)(H,46,47)(H,52,53)/t34-,37+,40+,41+,42+,43+/m0/s1. The van der Waals surface area contributed by atoms with Crippen LogP contribution >= 0.6 is 0 Å². The summed E-state index contributed by atoms with van der Waals surface area (Å²) in [5.74, 6) is -2.59. The van der Waals surface area contributed by atoms with Crippen LogP contribution in [-0.4, -0.2) is 137 Å². The van der Waals surface area contributed by atoms with Crippen LogP contribution in [0.1, 0.15) is 43.9 Å². The molecule has 1 aliphatic rings. The molecule has 4 N–H and O–H groups in total. The first-order valence-electron chi connectivity index (χ1n) is 19.8. The van der Waals surface area contributed by atoms with E-state index < -0.39 is 85.1 Å². The van der Waals surface area contributed by atoms with Gasteiger partial charge in [-0.3, -0.25) is 24.0 Å². The average Bonchev–Trinajstić information content (AvgIpc) is 3.25. The van der Waals surface area contributed by atoms with Crippen molar-refractivity contribution >= 4 is 29.7 Å². The van der Waals surface area contributed by atoms with Gasteiger partial charge in [-0.15, -0.1) is 0 Å². The van der Waals surface area contributed by atoms with Crippen molar-refractivity contribution < 1.29 is 76.8 Å². The zero-order valence-corrected chi connectivity index (χ0v) is 35.3. The Kier molecular flexibility index (Phi) is 19.5. The summed E-state index contributed by atoms with van der Waals surface area (Å²) >= 11 is 0. The number of methoxy groups -OCH3 is 2. The molecule has 2 amide bonds. The van der Waals surface area contributed by atoms with Gasteiger partial charge in [0.1, 0.15) is 42.0 Å². The highest BCUT2D eigenvalue weighted by atomic mass is 16.7. The van der Waals surface area contributed by atoms with Crippen LogP contribution in [0.25, 0.3) is 0 Å². The summed E-state index contributed by atoms with van der Waals surface area (Å²) in [5.41, 5.74) is 1.36. The molecule has 1 saturated heterocycles. The lowest BCUT2D eigenvalue weighted by atomic mass is 9.80. The number of aliphatic carboxylic acids is 1. The van der Waals surface area contributed by atoms with Gasteiger partial charge in [-0.1, -0.05) is 54.6 Å². The third-order valence-electron chi connectivity index (χ3n) is 9.38. The molecule has 0 aliphatic carbocycles. The minimum atomic E-state index is -1.43. The molecule has 0 spiro atoms. The first-order valence-corrected chi connectivity index (χ1v) is 19.8. The van der Waals surface area contributed by atoms with Gasteiger partial charge in [0.15, 0.2) is 18.5 Å². The molecule has 337 valence electrons. The second-order valence-corrected chi connectivity index (χ2v) is 14.0. The highest BCUT2D eigenvalue weighted by Crippen LogP contribution is 2.42. The van der Waals surface area contributed by atoms with E-state index in [1.807, 2.05) is 78.9 Å².